The van der Waals surface area contributed by atoms with Crippen molar-refractivity contribution >= 4 is 27.5 Å². The van der Waals surface area contributed by atoms with Crippen molar-refractivity contribution in [3.05, 3.63) is 230 Å². The van der Waals surface area contributed by atoms with Crippen LogP contribution in [-0.4, -0.2) is 24.5 Å². The average molecular weight is 805 g/mol. The van der Waals surface area contributed by atoms with Gasteiger partial charge in [-0.3, -0.25) is 0 Å². The highest BCUT2D eigenvalue weighted by atomic mass is 15.0. The summed E-state index contributed by atoms with van der Waals surface area (Å²) < 4.78 is 2.32. The number of aromatic nitrogens is 5. The highest BCUT2D eigenvalue weighted by Gasteiger charge is 2.21. The van der Waals surface area contributed by atoms with Gasteiger partial charge in [-0.1, -0.05) is 164 Å². The van der Waals surface area contributed by atoms with E-state index in [4.69, 9.17) is 26.5 Å². The molecule has 0 bridgehead atoms. The third-order valence-corrected chi connectivity index (χ3v) is 11.4. The summed E-state index contributed by atoms with van der Waals surface area (Å²) in [6.45, 7) is 7.63. The molecule has 0 atom stereocenters. The van der Waals surface area contributed by atoms with Gasteiger partial charge in [0, 0.05) is 44.2 Å². The second-order valence-corrected chi connectivity index (χ2v) is 15.4. The quantitative estimate of drug-likeness (QED) is 0.144. The van der Waals surface area contributed by atoms with Gasteiger partial charge in [0.25, 0.3) is 0 Å². The van der Waals surface area contributed by atoms with Crippen molar-refractivity contribution in [1.82, 2.24) is 24.5 Å². The van der Waals surface area contributed by atoms with E-state index in [1.54, 1.807) is 0 Å². The summed E-state index contributed by atoms with van der Waals surface area (Å²) in [5.74, 6) is 1.17. The van der Waals surface area contributed by atoms with Gasteiger partial charge >= 0.3 is 0 Å². The first-order chi connectivity index (χ1) is 31.2. The second-order valence-electron chi connectivity index (χ2n) is 15.4. The normalized spacial score (nSPS) is 11.2. The molecule has 0 fully saturated rings. The molecule has 0 saturated carbocycles. The summed E-state index contributed by atoms with van der Waals surface area (Å²) in [5.41, 5.74) is 14.6. The Kier molecular flexibility index (Phi) is 9.45. The number of para-hydroxylation sites is 1. The van der Waals surface area contributed by atoms with Crippen LogP contribution in [0.15, 0.2) is 218 Å². The van der Waals surface area contributed by atoms with E-state index in [0.29, 0.717) is 17.3 Å². The van der Waals surface area contributed by atoms with Crippen LogP contribution in [0, 0.1) is 6.57 Å². The van der Waals surface area contributed by atoms with Gasteiger partial charge in [-0.2, -0.15) is 0 Å². The fourth-order valence-electron chi connectivity index (χ4n) is 8.39. The van der Waals surface area contributed by atoms with Crippen molar-refractivity contribution in [2.24, 2.45) is 0 Å². The molecule has 11 rings (SSSR count). The summed E-state index contributed by atoms with van der Waals surface area (Å²) in [6, 6.07) is 74.5. The predicted molar refractivity (Wildman–Crippen MR) is 256 cm³/mol. The lowest BCUT2D eigenvalue weighted by molar-refractivity contribution is 1.13. The van der Waals surface area contributed by atoms with Gasteiger partial charge in [-0.05, 0) is 65.7 Å². The summed E-state index contributed by atoms with van der Waals surface area (Å²) >= 11 is 0. The number of hydrogen-bond acceptors (Lipinski definition) is 4. The van der Waals surface area contributed by atoms with Crippen molar-refractivity contribution in [2.45, 2.75) is 0 Å². The Morgan fingerprint density at radius 2 is 0.794 bits per heavy atom. The zero-order valence-corrected chi connectivity index (χ0v) is 34.0. The minimum atomic E-state index is 0.577. The summed E-state index contributed by atoms with van der Waals surface area (Å²) in [7, 11) is 0. The van der Waals surface area contributed by atoms with Gasteiger partial charge in [-0.25, -0.2) is 24.8 Å². The van der Waals surface area contributed by atoms with E-state index in [1.807, 2.05) is 91.0 Å². The molecule has 3 heterocycles. The lowest BCUT2D eigenvalue weighted by atomic mass is 10.0. The van der Waals surface area contributed by atoms with Crippen LogP contribution in [0.3, 0.4) is 0 Å². The third-order valence-electron chi connectivity index (χ3n) is 11.4. The molecule has 6 nitrogen and oxygen atoms in total. The summed E-state index contributed by atoms with van der Waals surface area (Å²) in [4.78, 5) is 24.9. The fraction of sp³-hybridized carbons (Fsp3) is 0. The van der Waals surface area contributed by atoms with Crippen LogP contribution in [-0.2, 0) is 0 Å². The zero-order valence-electron chi connectivity index (χ0n) is 34.0. The third kappa shape index (κ3) is 7.10. The van der Waals surface area contributed by atoms with Crippen LogP contribution < -0.4 is 0 Å². The van der Waals surface area contributed by atoms with E-state index in [-0.39, 0.29) is 0 Å². The minimum Gasteiger partial charge on any atom is -0.309 e. The Balaban J connectivity index is 1.19. The maximum atomic E-state index is 7.63. The van der Waals surface area contributed by atoms with Crippen LogP contribution in [0.1, 0.15) is 0 Å². The molecule has 0 saturated heterocycles. The van der Waals surface area contributed by atoms with Crippen molar-refractivity contribution in [3.63, 3.8) is 0 Å². The van der Waals surface area contributed by atoms with Crippen LogP contribution in [0.5, 0.6) is 0 Å². The minimum absolute atomic E-state index is 0.577. The van der Waals surface area contributed by atoms with Crippen molar-refractivity contribution in [3.8, 4) is 84.6 Å². The molecule has 0 aliphatic rings. The maximum absolute atomic E-state index is 7.63. The molecule has 6 heteroatoms. The SMILES string of the molecule is [C-]#[N+]c1cccc(-c2ccc3c(c2)c2ccccc2n3-c2ccc(-c3nc(-c4ccccc4)cc(-c4ccccc4)n3)cc2-c2nc(-c3ccccc3)cc(-c3ccccc3)n2)c1. The Labute approximate surface area is 365 Å². The first kappa shape index (κ1) is 37.2. The molecular formula is C57H36N6. The molecule has 3 aromatic heterocycles. The van der Waals surface area contributed by atoms with Gasteiger partial charge in [-0.15, -0.1) is 0 Å². The second kappa shape index (κ2) is 16.0. The van der Waals surface area contributed by atoms with Gasteiger partial charge in [0.2, 0.25) is 0 Å². The molecule has 63 heavy (non-hydrogen) atoms. The number of fused-ring (bicyclic) bond motifs is 3. The Morgan fingerprint density at radius 1 is 0.333 bits per heavy atom. The van der Waals surface area contributed by atoms with Gasteiger partial charge < -0.3 is 4.57 Å². The van der Waals surface area contributed by atoms with E-state index in [0.717, 1.165) is 94.8 Å². The van der Waals surface area contributed by atoms with Crippen LogP contribution in [0.2, 0.25) is 0 Å². The molecule has 0 unspecified atom stereocenters. The number of rotatable bonds is 8. The molecule has 8 aromatic carbocycles. The Morgan fingerprint density at radius 3 is 1.35 bits per heavy atom. The van der Waals surface area contributed by atoms with E-state index in [9.17, 15) is 0 Å². The van der Waals surface area contributed by atoms with Crippen molar-refractivity contribution in [1.29, 1.82) is 0 Å². The molecule has 0 aliphatic heterocycles. The lowest BCUT2D eigenvalue weighted by Crippen LogP contribution is -2.03. The number of benzene rings is 8. The lowest BCUT2D eigenvalue weighted by Gasteiger charge is -2.17. The van der Waals surface area contributed by atoms with Crippen molar-refractivity contribution < 1.29 is 0 Å². The number of hydrogen-bond donors (Lipinski definition) is 0. The monoisotopic (exact) mass is 804 g/mol. The van der Waals surface area contributed by atoms with Gasteiger partial charge in [0.1, 0.15) is 0 Å². The average Bonchev–Trinajstić information content (AvgIpc) is 3.70. The molecule has 11 aromatic rings. The molecule has 0 N–H and O–H groups in total. The largest absolute Gasteiger partial charge is 0.309 e. The van der Waals surface area contributed by atoms with Crippen LogP contribution in [0.25, 0.3) is 111 Å². The first-order valence-electron chi connectivity index (χ1n) is 20.8. The number of nitrogens with zero attached hydrogens (tertiary/aromatic N) is 6. The van der Waals surface area contributed by atoms with E-state index in [1.165, 1.54) is 0 Å². The standard InChI is InChI=1S/C57H36N6/c1-58-45-26-16-25-42(33-45)43-29-31-54-47(34-43)46-27-14-15-28-53(46)63(54)55-32-30-44(56-59-49(38-17-6-2-7-18-38)36-50(60-56)39-19-8-3-9-20-39)35-48(55)57-61-51(40-21-10-4-11-22-40)37-52(62-57)41-23-12-5-13-24-41/h2-37H. The topological polar surface area (TPSA) is 60.9 Å². The molecule has 294 valence electrons. The van der Waals surface area contributed by atoms with Gasteiger partial charge in [0.15, 0.2) is 17.3 Å². The molecule has 0 radical (unpaired) electrons. The van der Waals surface area contributed by atoms with Crippen LogP contribution in [0.4, 0.5) is 5.69 Å². The Bertz CT molecular complexity index is 3390. The summed E-state index contributed by atoms with van der Waals surface area (Å²) in [6.07, 6.45) is 0. The Hall–Kier alpha value is -8.79. The van der Waals surface area contributed by atoms with Crippen molar-refractivity contribution in [2.75, 3.05) is 0 Å². The maximum Gasteiger partial charge on any atom is 0.187 e. The van der Waals surface area contributed by atoms with E-state index < -0.39 is 0 Å². The van der Waals surface area contributed by atoms with Crippen LogP contribution >= 0.6 is 0 Å². The zero-order chi connectivity index (χ0) is 42.1. The van der Waals surface area contributed by atoms with Gasteiger partial charge in [0.05, 0.1) is 46.1 Å². The molecular weight excluding hydrogens is 769 g/mol. The van der Waals surface area contributed by atoms with E-state index >= 15 is 0 Å². The van der Waals surface area contributed by atoms with E-state index in [2.05, 4.69) is 137 Å². The predicted octanol–water partition coefficient (Wildman–Crippen LogP) is 14.6. The highest BCUT2D eigenvalue weighted by Crippen LogP contribution is 2.40. The first-order valence-corrected chi connectivity index (χ1v) is 20.8. The smallest absolute Gasteiger partial charge is 0.187 e. The molecule has 0 amide bonds. The fourth-order valence-corrected chi connectivity index (χ4v) is 8.39. The molecule has 0 spiro atoms. The molecule has 0 aliphatic carbocycles. The highest BCUT2D eigenvalue weighted by molar-refractivity contribution is 6.11. The summed E-state index contributed by atoms with van der Waals surface area (Å²) in [5, 5.41) is 2.21.